The van der Waals surface area contributed by atoms with Crippen LogP contribution in [0.3, 0.4) is 0 Å². The highest BCUT2D eigenvalue weighted by molar-refractivity contribution is 7.99. The fourth-order valence-electron chi connectivity index (χ4n) is 0.647. The van der Waals surface area contributed by atoms with Crippen LogP contribution in [0.1, 0.15) is 18.7 Å². The summed E-state index contributed by atoms with van der Waals surface area (Å²) >= 11 is 1.49. The van der Waals surface area contributed by atoms with Gasteiger partial charge in [0.15, 0.2) is 0 Å². The molecule has 0 unspecified atom stereocenters. The minimum atomic E-state index is 0.581. The van der Waals surface area contributed by atoms with E-state index in [0.717, 1.165) is 12.2 Å². The molecule has 4 nitrogen and oxygen atoms in total. The van der Waals surface area contributed by atoms with Crippen LogP contribution in [0, 0.1) is 18.3 Å². The molecule has 0 radical (unpaired) electrons. The summed E-state index contributed by atoms with van der Waals surface area (Å²) in [5, 5.41) is 16.3. The second-order valence-electron chi connectivity index (χ2n) is 2.20. The lowest BCUT2D eigenvalue weighted by molar-refractivity contribution is 0.429. The number of hydrogen-bond acceptors (Lipinski definition) is 5. The minimum absolute atomic E-state index is 0.581. The van der Waals surface area contributed by atoms with Gasteiger partial charge < -0.3 is 4.42 Å². The number of unbranched alkanes of at least 4 members (excludes halogenated alkanes) is 1. The van der Waals surface area contributed by atoms with Crippen molar-refractivity contribution in [2.75, 3.05) is 5.75 Å². The molecule has 0 aliphatic rings. The standard InChI is InChI=1S/C7H9N3OS/c1-6-9-10-7(11-6)12-5-3-2-4-8/h2-3,5H2,1H3. The molecule has 1 aromatic rings. The molecular weight excluding hydrogens is 174 g/mol. The first-order valence-corrected chi connectivity index (χ1v) is 4.61. The van der Waals surface area contributed by atoms with Gasteiger partial charge in [0.1, 0.15) is 0 Å². The van der Waals surface area contributed by atoms with E-state index in [0.29, 0.717) is 17.5 Å². The van der Waals surface area contributed by atoms with Gasteiger partial charge in [0, 0.05) is 19.1 Å². The Morgan fingerprint density at radius 1 is 1.58 bits per heavy atom. The van der Waals surface area contributed by atoms with E-state index in [1.54, 1.807) is 6.92 Å². The van der Waals surface area contributed by atoms with Crippen molar-refractivity contribution in [3.8, 4) is 6.07 Å². The molecule has 64 valence electrons. The first-order chi connectivity index (χ1) is 5.83. The van der Waals surface area contributed by atoms with Gasteiger partial charge in [0.2, 0.25) is 5.89 Å². The number of thioether (sulfide) groups is 1. The zero-order valence-corrected chi connectivity index (χ0v) is 7.60. The van der Waals surface area contributed by atoms with Crippen LogP contribution < -0.4 is 0 Å². The van der Waals surface area contributed by atoms with Crippen LogP contribution >= 0.6 is 11.8 Å². The van der Waals surface area contributed by atoms with Crippen molar-refractivity contribution in [3.05, 3.63) is 5.89 Å². The van der Waals surface area contributed by atoms with E-state index in [1.807, 2.05) is 0 Å². The molecule has 0 fully saturated rings. The van der Waals surface area contributed by atoms with Gasteiger partial charge in [-0.3, -0.25) is 0 Å². The molecule has 12 heavy (non-hydrogen) atoms. The molecule has 0 aliphatic carbocycles. The maximum Gasteiger partial charge on any atom is 0.276 e. The Morgan fingerprint density at radius 3 is 3.00 bits per heavy atom. The number of hydrogen-bond donors (Lipinski definition) is 0. The van der Waals surface area contributed by atoms with Crippen molar-refractivity contribution in [2.24, 2.45) is 0 Å². The maximum absolute atomic E-state index is 8.26. The first-order valence-electron chi connectivity index (χ1n) is 3.63. The Hall–Kier alpha value is -1.02. The van der Waals surface area contributed by atoms with Gasteiger partial charge in [-0.1, -0.05) is 11.8 Å². The SMILES string of the molecule is Cc1nnc(SCCCC#N)o1. The summed E-state index contributed by atoms with van der Waals surface area (Å²) in [5.41, 5.74) is 0. The van der Waals surface area contributed by atoms with Gasteiger partial charge in [-0.2, -0.15) is 5.26 Å². The average Bonchev–Trinajstić information content (AvgIpc) is 2.45. The van der Waals surface area contributed by atoms with Crippen LogP contribution in [0.15, 0.2) is 9.64 Å². The third kappa shape index (κ3) is 2.93. The monoisotopic (exact) mass is 183 g/mol. The van der Waals surface area contributed by atoms with E-state index >= 15 is 0 Å². The van der Waals surface area contributed by atoms with Crippen molar-refractivity contribution < 1.29 is 4.42 Å². The molecule has 0 saturated carbocycles. The van der Waals surface area contributed by atoms with Gasteiger partial charge in [-0.15, -0.1) is 10.2 Å². The highest BCUT2D eigenvalue weighted by Gasteiger charge is 2.01. The topological polar surface area (TPSA) is 62.7 Å². The maximum atomic E-state index is 8.26. The summed E-state index contributed by atoms with van der Waals surface area (Å²) in [6.45, 7) is 1.76. The Balaban J connectivity index is 2.21. The van der Waals surface area contributed by atoms with Gasteiger partial charge in [0.25, 0.3) is 5.22 Å². The molecule has 0 bridgehead atoms. The van der Waals surface area contributed by atoms with Crippen molar-refractivity contribution in [1.29, 1.82) is 5.26 Å². The quantitative estimate of drug-likeness (QED) is 0.526. The summed E-state index contributed by atoms with van der Waals surface area (Å²) < 4.78 is 5.12. The van der Waals surface area contributed by atoms with Crippen molar-refractivity contribution in [2.45, 2.75) is 25.0 Å². The van der Waals surface area contributed by atoms with Crippen molar-refractivity contribution in [1.82, 2.24) is 10.2 Å². The number of nitrogens with zero attached hydrogens (tertiary/aromatic N) is 3. The summed E-state index contributed by atoms with van der Waals surface area (Å²) in [5.74, 6) is 1.44. The van der Waals surface area contributed by atoms with E-state index in [-0.39, 0.29) is 0 Å². The smallest absolute Gasteiger partial charge is 0.276 e. The van der Waals surface area contributed by atoms with Gasteiger partial charge in [0.05, 0.1) is 6.07 Å². The van der Waals surface area contributed by atoms with E-state index in [1.165, 1.54) is 11.8 Å². The lowest BCUT2D eigenvalue weighted by Crippen LogP contribution is -1.78. The molecule has 0 atom stereocenters. The Kier molecular flexibility index (Phi) is 3.61. The highest BCUT2D eigenvalue weighted by atomic mass is 32.2. The third-order valence-corrected chi connectivity index (χ3v) is 2.07. The normalized spacial score (nSPS) is 9.67. The molecule has 0 N–H and O–H groups in total. The van der Waals surface area contributed by atoms with Crippen molar-refractivity contribution >= 4 is 11.8 Å². The summed E-state index contributed by atoms with van der Waals surface area (Å²) in [7, 11) is 0. The largest absolute Gasteiger partial charge is 0.416 e. The van der Waals surface area contributed by atoms with Crippen LogP contribution in [0.4, 0.5) is 0 Å². The van der Waals surface area contributed by atoms with Crippen LogP contribution in [0.25, 0.3) is 0 Å². The number of aryl methyl sites for hydroxylation is 1. The van der Waals surface area contributed by atoms with Crippen LogP contribution in [0.5, 0.6) is 0 Å². The zero-order chi connectivity index (χ0) is 8.81. The molecule has 0 amide bonds. The second-order valence-corrected chi connectivity index (χ2v) is 3.24. The predicted octanol–water partition coefficient (Wildman–Crippen LogP) is 1.77. The molecule has 0 spiro atoms. The summed E-state index contributed by atoms with van der Waals surface area (Å²) in [4.78, 5) is 0. The summed E-state index contributed by atoms with van der Waals surface area (Å²) in [6, 6.07) is 2.08. The fraction of sp³-hybridized carbons (Fsp3) is 0.571. The molecular formula is C7H9N3OS. The highest BCUT2D eigenvalue weighted by Crippen LogP contribution is 2.16. The summed E-state index contributed by atoms with van der Waals surface area (Å²) in [6.07, 6.45) is 1.45. The predicted molar refractivity (Wildman–Crippen MR) is 44.6 cm³/mol. The van der Waals surface area contributed by atoms with E-state index < -0.39 is 0 Å². The molecule has 1 aromatic heterocycles. The third-order valence-electron chi connectivity index (χ3n) is 1.17. The van der Waals surface area contributed by atoms with Gasteiger partial charge in [-0.05, 0) is 6.42 Å². The van der Waals surface area contributed by atoms with Crippen molar-refractivity contribution in [3.63, 3.8) is 0 Å². The Morgan fingerprint density at radius 2 is 2.42 bits per heavy atom. The van der Waals surface area contributed by atoms with E-state index in [2.05, 4.69) is 16.3 Å². The van der Waals surface area contributed by atoms with E-state index in [9.17, 15) is 0 Å². The fourth-order valence-corrected chi connectivity index (χ4v) is 1.39. The average molecular weight is 183 g/mol. The lowest BCUT2D eigenvalue weighted by atomic mass is 10.4. The number of rotatable bonds is 4. The van der Waals surface area contributed by atoms with Gasteiger partial charge in [-0.25, -0.2) is 0 Å². The minimum Gasteiger partial charge on any atom is -0.416 e. The van der Waals surface area contributed by atoms with Gasteiger partial charge >= 0.3 is 0 Å². The number of nitriles is 1. The zero-order valence-electron chi connectivity index (χ0n) is 6.78. The second kappa shape index (κ2) is 4.78. The first kappa shape index (κ1) is 9.07. The van der Waals surface area contributed by atoms with Crippen LogP contribution in [-0.2, 0) is 0 Å². The lowest BCUT2D eigenvalue weighted by Gasteiger charge is -1.90. The molecule has 5 heteroatoms. The van der Waals surface area contributed by atoms with Crippen LogP contribution in [-0.4, -0.2) is 16.0 Å². The van der Waals surface area contributed by atoms with Crippen LogP contribution in [0.2, 0.25) is 0 Å². The molecule has 0 saturated heterocycles. The van der Waals surface area contributed by atoms with E-state index in [4.69, 9.17) is 9.68 Å². The number of aromatic nitrogens is 2. The Bertz CT molecular complexity index is 278. The molecule has 1 rings (SSSR count). The Labute approximate surface area is 75.0 Å². The molecule has 0 aliphatic heterocycles. The molecule has 1 heterocycles. The molecule has 0 aromatic carbocycles.